The summed E-state index contributed by atoms with van der Waals surface area (Å²) in [5.41, 5.74) is 0.960. The van der Waals surface area contributed by atoms with Crippen LogP contribution in [0.4, 0.5) is 0 Å². The maximum absolute atomic E-state index is 12.8. The standard InChI is InChI=1S/C19H30N4O3/c1-21-6-2-7-22(10-9-21)14-18(24)23-8-3-17-16(13-23)20-19(26-17)15-4-11-25-12-5-15/h15H,2-14H2,1H3. The van der Waals surface area contributed by atoms with Gasteiger partial charge in [-0.05, 0) is 39.4 Å². The predicted molar refractivity (Wildman–Crippen MR) is 97.0 cm³/mol. The maximum Gasteiger partial charge on any atom is 0.237 e. The van der Waals surface area contributed by atoms with Crippen molar-refractivity contribution >= 4 is 5.91 Å². The molecule has 0 radical (unpaired) electrons. The Bertz CT molecular complexity index is 626. The van der Waals surface area contributed by atoms with Crippen molar-refractivity contribution in [2.75, 3.05) is 59.5 Å². The van der Waals surface area contributed by atoms with Crippen molar-refractivity contribution in [1.82, 2.24) is 19.7 Å². The molecule has 0 N–H and O–H groups in total. The van der Waals surface area contributed by atoms with Gasteiger partial charge in [0.1, 0.15) is 11.5 Å². The Morgan fingerprint density at radius 1 is 1.15 bits per heavy atom. The Labute approximate surface area is 155 Å². The highest BCUT2D eigenvalue weighted by Crippen LogP contribution is 2.30. The van der Waals surface area contributed by atoms with Crippen LogP contribution in [0.2, 0.25) is 0 Å². The van der Waals surface area contributed by atoms with Gasteiger partial charge >= 0.3 is 0 Å². The van der Waals surface area contributed by atoms with Gasteiger partial charge in [-0.2, -0.15) is 0 Å². The third-order valence-corrected chi connectivity index (χ3v) is 5.84. The highest BCUT2D eigenvalue weighted by atomic mass is 16.5. The summed E-state index contributed by atoms with van der Waals surface area (Å²) < 4.78 is 11.5. The van der Waals surface area contributed by atoms with Crippen LogP contribution in [0.25, 0.3) is 0 Å². The fraction of sp³-hybridized carbons (Fsp3) is 0.789. The first kappa shape index (κ1) is 17.9. The molecule has 7 heteroatoms. The fourth-order valence-electron chi connectivity index (χ4n) is 4.10. The molecule has 1 aromatic rings. The van der Waals surface area contributed by atoms with E-state index < -0.39 is 0 Å². The normalized spacial score (nSPS) is 23.7. The number of likely N-dealkylation sites (N-methyl/N-ethyl adjacent to an activating group) is 1. The number of carbonyl (C=O) groups excluding carboxylic acids is 1. The Morgan fingerprint density at radius 3 is 2.85 bits per heavy atom. The first-order valence-electron chi connectivity index (χ1n) is 9.94. The minimum atomic E-state index is 0.218. The van der Waals surface area contributed by atoms with E-state index in [1.54, 1.807) is 0 Å². The van der Waals surface area contributed by atoms with Gasteiger partial charge in [0.15, 0.2) is 5.89 Å². The van der Waals surface area contributed by atoms with E-state index in [0.717, 1.165) is 89.0 Å². The Balaban J connectivity index is 1.35. The molecule has 0 aliphatic carbocycles. The van der Waals surface area contributed by atoms with Crippen molar-refractivity contribution in [3.05, 3.63) is 17.3 Å². The first-order valence-corrected chi connectivity index (χ1v) is 9.94. The van der Waals surface area contributed by atoms with Crippen molar-refractivity contribution in [2.45, 2.75) is 38.1 Å². The quantitative estimate of drug-likeness (QED) is 0.802. The van der Waals surface area contributed by atoms with Crippen molar-refractivity contribution < 1.29 is 13.9 Å². The van der Waals surface area contributed by atoms with Crippen LogP contribution in [-0.2, 0) is 22.5 Å². The minimum Gasteiger partial charge on any atom is -0.445 e. The highest BCUT2D eigenvalue weighted by Gasteiger charge is 2.29. The number of nitrogens with zero attached hydrogens (tertiary/aromatic N) is 4. The molecule has 0 unspecified atom stereocenters. The molecule has 3 aliphatic heterocycles. The third-order valence-electron chi connectivity index (χ3n) is 5.84. The minimum absolute atomic E-state index is 0.218. The molecule has 2 saturated heterocycles. The van der Waals surface area contributed by atoms with Gasteiger partial charge < -0.3 is 19.0 Å². The average Bonchev–Trinajstić information content (AvgIpc) is 2.99. The van der Waals surface area contributed by atoms with Crippen LogP contribution >= 0.6 is 0 Å². The molecule has 4 rings (SSSR count). The zero-order chi connectivity index (χ0) is 17.9. The number of rotatable bonds is 3. The third kappa shape index (κ3) is 4.10. The molecule has 0 atom stereocenters. The van der Waals surface area contributed by atoms with Gasteiger partial charge in [-0.15, -0.1) is 0 Å². The first-order chi connectivity index (χ1) is 12.7. The molecule has 26 heavy (non-hydrogen) atoms. The molecule has 2 fully saturated rings. The van der Waals surface area contributed by atoms with Gasteiger partial charge in [0, 0.05) is 45.2 Å². The van der Waals surface area contributed by atoms with E-state index in [2.05, 4.69) is 16.8 Å². The van der Waals surface area contributed by atoms with E-state index in [1.807, 2.05) is 4.90 Å². The Hall–Kier alpha value is -1.44. The average molecular weight is 362 g/mol. The lowest BCUT2D eigenvalue weighted by Gasteiger charge is -2.28. The Kier molecular flexibility index (Phi) is 5.57. The van der Waals surface area contributed by atoms with Crippen LogP contribution in [-0.4, -0.2) is 85.1 Å². The zero-order valence-electron chi connectivity index (χ0n) is 15.8. The summed E-state index contributed by atoms with van der Waals surface area (Å²) in [6, 6.07) is 0. The van der Waals surface area contributed by atoms with E-state index in [1.165, 1.54) is 0 Å². The lowest BCUT2D eigenvalue weighted by Crippen LogP contribution is -2.43. The molecule has 144 valence electrons. The van der Waals surface area contributed by atoms with Gasteiger partial charge in [-0.25, -0.2) is 4.98 Å². The van der Waals surface area contributed by atoms with Crippen molar-refractivity contribution in [1.29, 1.82) is 0 Å². The lowest BCUT2D eigenvalue weighted by atomic mass is 10.0. The molecule has 1 aromatic heterocycles. The van der Waals surface area contributed by atoms with Gasteiger partial charge in [0.05, 0.1) is 13.1 Å². The number of oxazole rings is 1. The number of fused-ring (bicyclic) bond motifs is 1. The van der Waals surface area contributed by atoms with E-state index in [4.69, 9.17) is 14.1 Å². The van der Waals surface area contributed by atoms with Crippen LogP contribution in [0.15, 0.2) is 4.42 Å². The summed E-state index contributed by atoms with van der Waals surface area (Å²) in [4.78, 5) is 24.1. The van der Waals surface area contributed by atoms with Crippen LogP contribution in [0, 0.1) is 0 Å². The topological polar surface area (TPSA) is 62.0 Å². The number of carbonyl (C=O) groups is 1. The maximum atomic E-state index is 12.8. The number of hydrogen-bond acceptors (Lipinski definition) is 6. The van der Waals surface area contributed by atoms with Crippen molar-refractivity contribution in [3.8, 4) is 0 Å². The van der Waals surface area contributed by atoms with Crippen molar-refractivity contribution in [3.63, 3.8) is 0 Å². The van der Waals surface area contributed by atoms with Gasteiger partial charge in [0.2, 0.25) is 5.91 Å². The lowest BCUT2D eigenvalue weighted by molar-refractivity contribution is -0.133. The molecule has 0 aromatic carbocycles. The summed E-state index contributed by atoms with van der Waals surface area (Å²) in [6.45, 7) is 7.55. The second kappa shape index (κ2) is 8.06. The van der Waals surface area contributed by atoms with E-state index >= 15 is 0 Å². The van der Waals surface area contributed by atoms with E-state index in [9.17, 15) is 4.79 Å². The molecule has 7 nitrogen and oxygen atoms in total. The summed E-state index contributed by atoms with van der Waals surface area (Å²) >= 11 is 0. The molecule has 3 aliphatic rings. The molecule has 4 heterocycles. The summed E-state index contributed by atoms with van der Waals surface area (Å²) in [5.74, 6) is 2.42. The molecule has 0 spiro atoms. The fourth-order valence-corrected chi connectivity index (χ4v) is 4.10. The SMILES string of the molecule is CN1CCCN(CC(=O)N2CCc3oc(C4CCOCC4)nc3C2)CC1. The van der Waals surface area contributed by atoms with Crippen LogP contribution in [0.3, 0.4) is 0 Å². The summed E-state index contributed by atoms with van der Waals surface area (Å²) in [5, 5.41) is 0. The van der Waals surface area contributed by atoms with Crippen molar-refractivity contribution in [2.24, 2.45) is 0 Å². The van der Waals surface area contributed by atoms with Crippen LogP contribution in [0.1, 0.15) is 42.5 Å². The Morgan fingerprint density at radius 2 is 2.00 bits per heavy atom. The van der Waals surface area contributed by atoms with Crippen LogP contribution < -0.4 is 0 Å². The summed E-state index contributed by atoms with van der Waals surface area (Å²) in [6.07, 6.45) is 3.86. The molecule has 1 amide bonds. The molecule has 0 saturated carbocycles. The predicted octanol–water partition coefficient (Wildman–Crippen LogP) is 1.09. The van der Waals surface area contributed by atoms with Gasteiger partial charge in [0.25, 0.3) is 0 Å². The molecule has 0 bridgehead atoms. The largest absolute Gasteiger partial charge is 0.445 e. The number of hydrogen-bond donors (Lipinski definition) is 0. The number of amides is 1. The molecular formula is C19H30N4O3. The van der Waals surface area contributed by atoms with Gasteiger partial charge in [-0.1, -0.05) is 0 Å². The zero-order valence-corrected chi connectivity index (χ0v) is 15.8. The van der Waals surface area contributed by atoms with Crippen LogP contribution in [0.5, 0.6) is 0 Å². The highest BCUT2D eigenvalue weighted by molar-refractivity contribution is 5.78. The van der Waals surface area contributed by atoms with Gasteiger partial charge in [-0.3, -0.25) is 9.69 Å². The second-order valence-corrected chi connectivity index (χ2v) is 7.81. The smallest absolute Gasteiger partial charge is 0.237 e. The number of ether oxygens (including phenoxy) is 1. The van der Waals surface area contributed by atoms with E-state index in [0.29, 0.717) is 19.0 Å². The monoisotopic (exact) mass is 362 g/mol. The summed E-state index contributed by atoms with van der Waals surface area (Å²) in [7, 11) is 2.15. The number of aromatic nitrogens is 1. The second-order valence-electron chi connectivity index (χ2n) is 7.81. The van der Waals surface area contributed by atoms with E-state index in [-0.39, 0.29) is 5.91 Å². The molecular weight excluding hydrogens is 332 g/mol.